The molecule has 0 radical (unpaired) electrons. The molecule has 7 rings (SSSR count). The molecule has 0 saturated carbocycles. The number of carbonyl (C=O) groups excluding carboxylic acids is 3. The molecule has 10 nitrogen and oxygen atoms in total. The lowest BCUT2D eigenvalue weighted by Gasteiger charge is -2.49. The second kappa shape index (κ2) is 10.1. The van der Waals surface area contributed by atoms with Gasteiger partial charge in [-0.15, -0.1) is 0 Å². The molecule has 5 aliphatic rings. The molecule has 5 heterocycles. The Morgan fingerprint density at radius 3 is 2.70 bits per heavy atom. The van der Waals surface area contributed by atoms with Gasteiger partial charge in [-0.05, 0) is 84.3 Å². The molecule has 4 aliphatic heterocycles. The highest BCUT2D eigenvalue weighted by Crippen LogP contribution is 2.49. The van der Waals surface area contributed by atoms with Crippen LogP contribution in [0.3, 0.4) is 0 Å². The van der Waals surface area contributed by atoms with Gasteiger partial charge in [-0.1, -0.05) is 45.4 Å². The van der Waals surface area contributed by atoms with Gasteiger partial charge in [-0.3, -0.25) is 28.9 Å². The lowest BCUT2D eigenvalue weighted by Crippen LogP contribution is -2.71. The molecule has 3 saturated heterocycles. The summed E-state index contributed by atoms with van der Waals surface area (Å²) in [7, 11) is 2.04. The number of aromatic amines is 1. The second-order valence-corrected chi connectivity index (χ2v) is 14.9. The highest BCUT2D eigenvalue weighted by atomic mass is 79.9. The van der Waals surface area contributed by atoms with E-state index in [0.29, 0.717) is 32.4 Å². The Morgan fingerprint density at radius 1 is 1.25 bits per heavy atom. The van der Waals surface area contributed by atoms with Crippen LogP contribution in [0.4, 0.5) is 0 Å². The number of nitrogens with one attached hydrogen (secondary N) is 2. The number of hydrogen-bond acceptors (Lipinski definition) is 6. The van der Waals surface area contributed by atoms with E-state index in [9.17, 15) is 19.5 Å². The van der Waals surface area contributed by atoms with E-state index in [1.54, 1.807) is 4.90 Å². The van der Waals surface area contributed by atoms with Gasteiger partial charge in [0.15, 0.2) is 0 Å². The normalized spacial score (nSPS) is 33.5. The van der Waals surface area contributed by atoms with Crippen molar-refractivity contribution in [3.63, 3.8) is 0 Å². The molecule has 0 spiro atoms. The molecule has 1 aromatic carbocycles. The maximum absolute atomic E-state index is 14.5. The number of benzene rings is 1. The van der Waals surface area contributed by atoms with Crippen LogP contribution < -0.4 is 5.32 Å². The van der Waals surface area contributed by atoms with Crippen molar-refractivity contribution in [1.82, 2.24) is 25.0 Å². The number of nitrogens with zero attached hydrogens (tertiary/aromatic N) is 3. The largest absolute Gasteiger partial charge is 0.349 e. The van der Waals surface area contributed by atoms with E-state index < -0.39 is 41.5 Å². The van der Waals surface area contributed by atoms with Crippen LogP contribution in [0.1, 0.15) is 65.0 Å². The van der Waals surface area contributed by atoms with Gasteiger partial charge in [0.2, 0.25) is 17.5 Å². The summed E-state index contributed by atoms with van der Waals surface area (Å²) in [5.74, 6) is -4.00. The van der Waals surface area contributed by atoms with Crippen LogP contribution in [0.2, 0.25) is 0 Å². The number of fused-ring (bicyclic) bond motifs is 5. The highest BCUT2D eigenvalue weighted by molar-refractivity contribution is 9.10. The summed E-state index contributed by atoms with van der Waals surface area (Å²) in [5.41, 5.74) is 3.71. The van der Waals surface area contributed by atoms with E-state index >= 15 is 0 Å². The number of carbonyl (C=O) groups is 3. The van der Waals surface area contributed by atoms with Crippen LogP contribution in [0, 0.1) is 17.8 Å². The van der Waals surface area contributed by atoms with E-state index in [4.69, 9.17) is 4.74 Å². The molecule has 3 N–H and O–H groups in total. The molecule has 6 atom stereocenters. The standard InChI is InChI=1S/C33H42BrN5O5/c1-16(2)13-24-30(41)38-12-8-11-25(38)33(43)39(24)31(42)32(44-33,17(3)4)36-29(40)21-15-37(6)23-14-20-27-19(26(23)18(21)5)9-7-10-22(27)35-28(20)34/h7,9-10,16-17,21,23-25,35,43H,8,11-15H2,1-6H3,(H,36,40)/t21-,23+,24-,25-,32+,33-/m0/s1. The van der Waals surface area contributed by atoms with Crippen molar-refractivity contribution in [3.8, 4) is 0 Å². The van der Waals surface area contributed by atoms with E-state index in [1.807, 2.05) is 47.7 Å². The van der Waals surface area contributed by atoms with Crippen molar-refractivity contribution in [2.45, 2.75) is 90.1 Å². The molecular weight excluding hydrogens is 626 g/mol. The molecular formula is C33H42BrN5O5. The number of aromatic nitrogens is 1. The second-order valence-electron chi connectivity index (χ2n) is 14.1. The zero-order valence-electron chi connectivity index (χ0n) is 26.2. The minimum atomic E-state index is -2.02. The molecule has 236 valence electrons. The number of halogens is 1. The van der Waals surface area contributed by atoms with Crippen molar-refractivity contribution in [3.05, 3.63) is 39.5 Å². The van der Waals surface area contributed by atoms with E-state index in [0.717, 1.165) is 33.3 Å². The molecule has 0 unspecified atom stereocenters. The van der Waals surface area contributed by atoms with Crippen LogP contribution in [-0.2, 0) is 25.5 Å². The van der Waals surface area contributed by atoms with Gasteiger partial charge in [0.25, 0.3) is 11.8 Å². The first-order valence-corrected chi connectivity index (χ1v) is 16.7. The summed E-state index contributed by atoms with van der Waals surface area (Å²) >= 11 is 3.72. The Balaban J connectivity index is 1.27. The molecule has 1 aromatic heterocycles. The highest BCUT2D eigenvalue weighted by Gasteiger charge is 2.72. The Kier molecular flexibility index (Phi) is 6.90. The fourth-order valence-electron chi connectivity index (χ4n) is 8.53. The molecule has 2 aromatic rings. The average Bonchev–Trinajstić information content (AvgIpc) is 3.64. The van der Waals surface area contributed by atoms with Gasteiger partial charge in [0, 0.05) is 36.0 Å². The number of likely N-dealkylation sites (N-methyl/N-ethyl adjacent to an activating group) is 1. The van der Waals surface area contributed by atoms with Crippen LogP contribution >= 0.6 is 15.9 Å². The zero-order chi connectivity index (χ0) is 31.5. The van der Waals surface area contributed by atoms with Gasteiger partial charge in [-0.2, -0.15) is 0 Å². The van der Waals surface area contributed by atoms with Crippen molar-refractivity contribution in [2.75, 3.05) is 20.1 Å². The summed E-state index contributed by atoms with van der Waals surface area (Å²) in [6.45, 7) is 10.6. The number of piperazine rings is 1. The maximum atomic E-state index is 14.5. The number of hydrogen-bond donors (Lipinski definition) is 3. The molecule has 1 aliphatic carbocycles. The summed E-state index contributed by atoms with van der Waals surface area (Å²) in [5, 5.41) is 16.4. The molecule has 44 heavy (non-hydrogen) atoms. The topological polar surface area (TPSA) is 118 Å². The zero-order valence-corrected chi connectivity index (χ0v) is 27.8. The fraction of sp³-hybridized carbons (Fsp3) is 0.606. The fourth-order valence-corrected chi connectivity index (χ4v) is 9.10. The monoisotopic (exact) mass is 667 g/mol. The summed E-state index contributed by atoms with van der Waals surface area (Å²) < 4.78 is 7.47. The summed E-state index contributed by atoms with van der Waals surface area (Å²) in [6, 6.07) is 4.80. The van der Waals surface area contributed by atoms with Crippen LogP contribution in [0.15, 0.2) is 28.4 Å². The van der Waals surface area contributed by atoms with E-state index in [1.165, 1.54) is 15.8 Å². The van der Waals surface area contributed by atoms with Crippen LogP contribution in [0.5, 0.6) is 0 Å². The predicted molar refractivity (Wildman–Crippen MR) is 169 cm³/mol. The van der Waals surface area contributed by atoms with Gasteiger partial charge >= 0.3 is 0 Å². The first kappa shape index (κ1) is 30.0. The van der Waals surface area contributed by atoms with Crippen molar-refractivity contribution in [2.24, 2.45) is 17.8 Å². The number of rotatable bonds is 5. The third kappa shape index (κ3) is 3.98. The SMILES string of the molecule is CC1=C2c3cccc4[nH]c(Br)c(c34)C[C@H]2N(C)C[C@@H]1C(=O)N[C@]1(C(C)C)O[C@@]2(O)[C@@H]3CCCN3C(=O)[C@H](CC(C)C)N2C1=O. The molecule has 11 heteroatoms. The first-order chi connectivity index (χ1) is 20.8. The van der Waals surface area contributed by atoms with Gasteiger partial charge in [-0.25, -0.2) is 0 Å². The van der Waals surface area contributed by atoms with Gasteiger partial charge in [0.1, 0.15) is 12.1 Å². The number of amides is 3. The number of H-pyrrole nitrogens is 1. The van der Waals surface area contributed by atoms with Gasteiger partial charge < -0.3 is 20.3 Å². The van der Waals surface area contributed by atoms with Crippen LogP contribution in [0.25, 0.3) is 16.5 Å². The third-order valence-corrected chi connectivity index (χ3v) is 11.4. The molecule has 3 amide bonds. The smallest absolute Gasteiger partial charge is 0.281 e. The van der Waals surface area contributed by atoms with Crippen molar-refractivity contribution in [1.29, 1.82) is 0 Å². The number of ether oxygens (including phenoxy) is 1. The Morgan fingerprint density at radius 2 is 2.00 bits per heavy atom. The summed E-state index contributed by atoms with van der Waals surface area (Å²) in [4.78, 5) is 51.2. The Labute approximate surface area is 266 Å². The maximum Gasteiger partial charge on any atom is 0.281 e. The molecule has 3 fully saturated rings. The van der Waals surface area contributed by atoms with E-state index in [2.05, 4.69) is 43.3 Å². The Hall–Kier alpha value is -2.73. The van der Waals surface area contributed by atoms with Crippen molar-refractivity contribution < 1.29 is 24.2 Å². The Bertz CT molecular complexity index is 1620. The molecule has 0 bridgehead atoms. The minimum absolute atomic E-state index is 0.102. The van der Waals surface area contributed by atoms with Gasteiger partial charge in [0.05, 0.1) is 10.5 Å². The quantitative estimate of drug-likeness (QED) is 0.449. The van der Waals surface area contributed by atoms with Crippen LogP contribution in [-0.4, -0.2) is 92.4 Å². The third-order valence-electron chi connectivity index (χ3n) is 10.7. The first-order valence-electron chi connectivity index (χ1n) is 15.9. The van der Waals surface area contributed by atoms with E-state index in [-0.39, 0.29) is 23.8 Å². The summed E-state index contributed by atoms with van der Waals surface area (Å²) in [6.07, 6.45) is 2.45. The lowest BCUT2D eigenvalue weighted by atomic mass is 9.76. The number of aliphatic hydroxyl groups is 1. The van der Waals surface area contributed by atoms with Crippen molar-refractivity contribution >= 4 is 50.1 Å². The minimum Gasteiger partial charge on any atom is -0.349 e. The predicted octanol–water partition coefficient (Wildman–Crippen LogP) is 3.58. The lowest BCUT2D eigenvalue weighted by molar-refractivity contribution is -0.322. The average molecular weight is 669 g/mol.